The highest BCUT2D eigenvalue weighted by Crippen LogP contribution is 2.31. The minimum atomic E-state index is -1.67. The third kappa shape index (κ3) is 52.6. The second-order valence-corrected chi connectivity index (χ2v) is 29.3. The van der Waals surface area contributed by atoms with Gasteiger partial charge in [0.05, 0.1) is 51.3 Å². The van der Waals surface area contributed by atoms with Crippen molar-refractivity contribution in [1.29, 1.82) is 0 Å². The molecule has 0 aromatic carbocycles. The minimum Gasteiger partial charge on any atom is -0.463 e. The number of rotatable bonds is 64. The van der Waals surface area contributed by atoms with Gasteiger partial charge in [0.1, 0.15) is 44.1 Å². The average molecular weight is 1800 g/mol. The van der Waals surface area contributed by atoms with Crippen LogP contribution in [0.4, 0.5) is 0 Å². The Kier molecular flexibility index (Phi) is 56.1. The van der Waals surface area contributed by atoms with E-state index in [0.29, 0.717) is 57.8 Å². The molecule has 712 valence electrons. The van der Waals surface area contributed by atoms with Gasteiger partial charge in [-0.25, -0.2) is 0 Å². The van der Waals surface area contributed by atoms with Crippen LogP contribution in [0.5, 0.6) is 0 Å². The molecule has 2 aliphatic rings. The van der Waals surface area contributed by atoms with Gasteiger partial charge >= 0.3 is 53.7 Å². The standard InChI is InChI=1S/C79H130N10O36/c1-47(41-114-51(5)93)117-77(70(89-50(4)92)78(122-58(12)100)123-59(13)101)113-37-19-16-25-64(104)83-31-22-34-86-67(107)28-40-110-46-79(80,44-108-38-26-65(105)84-32-20-29-81-62(102)23-14-17-35-111-75-68(87-48(2)90)73(120-56(10)98)71(118-54(8)96)60(124-75)42-115-52(6)94)45-109-39-27-66(106)85-33-21-30-82-63(103)24-15-18-36-112-76-69(88-49(3)91)74(121-57(11)99)72(119-55(9)97)61(125-76)43-116-53(7)95/h47,60-61,68-78H,14-46,80H2,1-13H3,(H,81,102)(H,82,103)(H,83,104)(H,84,105)(H,85,106)(H,86,107)(H,87,90)(H,88,91)(H,89,92)/t47?,60?,61?,68-,69-,70+,71-,72-,73?,74?,75+,76+,77+,79?/m0/s1. The first-order chi connectivity index (χ1) is 59.2. The van der Waals surface area contributed by atoms with Crippen molar-refractivity contribution < 1.29 is 172 Å². The van der Waals surface area contributed by atoms with E-state index in [1.807, 2.05) is 0 Å². The van der Waals surface area contributed by atoms with Crippen LogP contribution >= 0.6 is 0 Å². The summed E-state index contributed by atoms with van der Waals surface area (Å²) in [6.07, 6.45) is -10.8. The summed E-state index contributed by atoms with van der Waals surface area (Å²) < 4.78 is 101. The van der Waals surface area contributed by atoms with Gasteiger partial charge in [0.15, 0.2) is 49.3 Å². The van der Waals surface area contributed by atoms with Crippen molar-refractivity contribution in [2.24, 2.45) is 5.73 Å². The molecule has 0 aliphatic carbocycles. The van der Waals surface area contributed by atoms with E-state index < -0.39 is 176 Å². The van der Waals surface area contributed by atoms with Crippen molar-refractivity contribution in [2.75, 3.05) is 119 Å². The highest BCUT2D eigenvalue weighted by atomic mass is 16.7. The molecule has 0 aromatic rings. The first kappa shape index (κ1) is 111. The molecule has 2 aliphatic heterocycles. The third-order valence-electron chi connectivity index (χ3n) is 17.4. The maximum Gasteiger partial charge on any atom is 0.305 e. The number of ether oxygens (including phenoxy) is 18. The lowest BCUT2D eigenvalue weighted by atomic mass is 9.96. The number of hydrogen-bond donors (Lipinski definition) is 10. The van der Waals surface area contributed by atoms with E-state index in [-0.39, 0.29) is 179 Å². The van der Waals surface area contributed by atoms with Crippen molar-refractivity contribution in [3.05, 3.63) is 0 Å². The molecule has 0 saturated carbocycles. The monoisotopic (exact) mass is 1790 g/mol. The van der Waals surface area contributed by atoms with E-state index in [4.69, 9.17) is 91.0 Å². The molecule has 11 N–H and O–H groups in total. The molecule has 2 heterocycles. The Morgan fingerprint density at radius 1 is 0.352 bits per heavy atom. The summed E-state index contributed by atoms with van der Waals surface area (Å²) in [5, 5.41) is 24.4. The van der Waals surface area contributed by atoms with Gasteiger partial charge in [0.2, 0.25) is 53.2 Å². The van der Waals surface area contributed by atoms with Gasteiger partial charge in [0, 0.05) is 181 Å². The second kappa shape index (κ2) is 63.1. The Hall–Kier alpha value is -9.94. The van der Waals surface area contributed by atoms with Crippen LogP contribution in [0.2, 0.25) is 0 Å². The topological polar surface area (TPSA) is 608 Å². The largest absolute Gasteiger partial charge is 0.463 e. The van der Waals surface area contributed by atoms with Gasteiger partial charge in [-0.15, -0.1) is 0 Å². The van der Waals surface area contributed by atoms with E-state index >= 15 is 0 Å². The van der Waals surface area contributed by atoms with Crippen LogP contribution in [0, 0.1) is 0 Å². The van der Waals surface area contributed by atoms with Gasteiger partial charge < -0.3 is 139 Å². The maximum atomic E-state index is 12.9. The fourth-order valence-corrected chi connectivity index (χ4v) is 12.0. The van der Waals surface area contributed by atoms with E-state index in [9.17, 15) is 86.3 Å². The molecule has 2 saturated heterocycles. The highest BCUT2D eigenvalue weighted by Gasteiger charge is 2.53. The molecule has 0 spiro atoms. The molecule has 46 heteroatoms. The van der Waals surface area contributed by atoms with Gasteiger partial charge in [-0.1, -0.05) is 0 Å². The number of carbonyl (C=O) groups excluding carboxylic acids is 18. The number of nitrogens with two attached hydrogens (primary N) is 1. The number of carbonyl (C=O) groups is 18. The molecule has 125 heavy (non-hydrogen) atoms. The maximum absolute atomic E-state index is 12.9. The SMILES string of the molecule is CC(=O)N[C@@H](C(OC(C)=O)OC(C)=O)[C@H](OCCCCC(=O)NCCCNC(=O)CCOCC(N)(COCCC(=O)NCCCNC(=O)CCCCO[C@@H]1OC(COC(C)=O)[C@H](OC(C)=O)C(OC(C)=O)[C@@H]1NC(C)=O)COCCC(=O)NCCCNC(=O)CCCCO[C@@H]1OC(COC(C)=O)[C@H](OC(C)=O)C(OC(C)=O)[C@@H]1NC(C)=O)OC(C)COC(C)=O. The first-order valence-electron chi connectivity index (χ1n) is 41.4. The van der Waals surface area contributed by atoms with E-state index in [2.05, 4.69) is 47.9 Å². The van der Waals surface area contributed by atoms with Crippen LogP contribution in [-0.2, 0) is 172 Å². The normalized spacial score (nSPS) is 19.5. The molecule has 46 nitrogen and oxygen atoms in total. The lowest BCUT2D eigenvalue weighted by Crippen LogP contribution is -2.66. The Morgan fingerprint density at radius 2 is 0.672 bits per heavy atom. The Labute approximate surface area is 725 Å². The summed E-state index contributed by atoms with van der Waals surface area (Å²) in [6.45, 7) is 14.6. The molecule has 0 aromatic heterocycles. The zero-order valence-corrected chi connectivity index (χ0v) is 73.7. The molecule has 9 amide bonds. The van der Waals surface area contributed by atoms with E-state index in [1.54, 1.807) is 6.92 Å². The third-order valence-corrected chi connectivity index (χ3v) is 17.4. The van der Waals surface area contributed by atoms with Crippen molar-refractivity contribution in [3.63, 3.8) is 0 Å². The summed E-state index contributed by atoms with van der Waals surface area (Å²) in [5.74, 6) is -10.4. The molecule has 13 atom stereocenters. The smallest absolute Gasteiger partial charge is 0.305 e. The number of unbranched alkanes of at least 4 members (excludes halogenated alkanes) is 3. The Morgan fingerprint density at radius 3 is 0.976 bits per heavy atom. The number of hydrogen-bond acceptors (Lipinski definition) is 37. The lowest BCUT2D eigenvalue weighted by Gasteiger charge is -2.44. The molecule has 0 radical (unpaired) electrons. The number of nitrogens with one attached hydrogen (secondary N) is 9. The first-order valence-corrected chi connectivity index (χ1v) is 41.4. The van der Waals surface area contributed by atoms with Crippen LogP contribution in [0.3, 0.4) is 0 Å². The molecule has 2 rings (SSSR count). The van der Waals surface area contributed by atoms with Crippen LogP contribution in [-0.4, -0.2) is 317 Å². The van der Waals surface area contributed by atoms with Gasteiger partial charge in [0.25, 0.3) is 6.29 Å². The van der Waals surface area contributed by atoms with Crippen LogP contribution < -0.4 is 53.6 Å². The second-order valence-electron chi connectivity index (χ2n) is 29.3. The summed E-state index contributed by atoms with van der Waals surface area (Å²) in [7, 11) is 0. The summed E-state index contributed by atoms with van der Waals surface area (Å²) in [4.78, 5) is 221. The Balaban J connectivity index is 1.94. The average Bonchev–Trinajstić information content (AvgIpc) is 0.787. The number of esters is 9. The molecular formula is C79H130N10O36. The molecule has 2 fully saturated rings. The number of amides is 9. The quantitative estimate of drug-likeness (QED) is 0.0135. The molecule has 5 unspecified atom stereocenters. The zero-order valence-electron chi connectivity index (χ0n) is 73.7. The van der Waals surface area contributed by atoms with Crippen molar-refractivity contribution in [2.45, 2.75) is 278 Å². The fraction of sp³-hybridized carbons (Fsp3) is 0.772. The fourth-order valence-electron chi connectivity index (χ4n) is 12.0. The highest BCUT2D eigenvalue weighted by molar-refractivity contribution is 5.79. The predicted molar refractivity (Wildman–Crippen MR) is 428 cm³/mol. The summed E-state index contributed by atoms with van der Waals surface area (Å²) >= 11 is 0. The van der Waals surface area contributed by atoms with Gasteiger partial charge in [-0.05, 0) is 64.7 Å². The van der Waals surface area contributed by atoms with Crippen LogP contribution in [0.15, 0.2) is 0 Å². The lowest BCUT2D eigenvalue weighted by molar-refractivity contribution is -0.277. The van der Waals surface area contributed by atoms with E-state index in [1.165, 1.54) is 27.7 Å². The van der Waals surface area contributed by atoms with Crippen LogP contribution in [0.25, 0.3) is 0 Å². The summed E-state index contributed by atoms with van der Waals surface area (Å²) in [6, 6.07) is -3.68. The van der Waals surface area contributed by atoms with E-state index in [0.717, 1.165) is 55.4 Å². The van der Waals surface area contributed by atoms with Crippen molar-refractivity contribution in [1.82, 2.24) is 47.9 Å². The van der Waals surface area contributed by atoms with Gasteiger partial charge in [-0.3, -0.25) is 86.3 Å². The summed E-state index contributed by atoms with van der Waals surface area (Å²) in [5.41, 5.74) is 5.39. The Bertz CT molecular complexity index is 3270. The molecule has 0 bridgehead atoms. The van der Waals surface area contributed by atoms with Crippen molar-refractivity contribution >= 4 is 107 Å². The van der Waals surface area contributed by atoms with Crippen molar-refractivity contribution in [3.8, 4) is 0 Å². The van der Waals surface area contributed by atoms with Gasteiger partial charge in [-0.2, -0.15) is 0 Å². The molecular weight excluding hydrogens is 1660 g/mol. The minimum absolute atomic E-state index is 0.00388. The zero-order chi connectivity index (χ0) is 93.4. The van der Waals surface area contributed by atoms with Crippen LogP contribution in [0.1, 0.15) is 186 Å². The predicted octanol–water partition coefficient (Wildman–Crippen LogP) is -2.10.